The van der Waals surface area contributed by atoms with Crippen molar-refractivity contribution in [2.45, 2.75) is 22.0 Å². The molecule has 0 saturated heterocycles. The standard InChI is InChI=1S/C16H21Cl3N4O3S/c1-5-10-6-7-11(12(27)8-10)20-13(24)21-14(22(2)3)23(4)15(25)26-9-16(17,18)19/h6-8,27H,5,9H2,1-4H3,(H,20,24)/b21-14+. The maximum atomic E-state index is 12.3. The Hall–Kier alpha value is -1.35. The molecular formula is C16H21Cl3N4O3S. The van der Waals surface area contributed by atoms with Crippen molar-refractivity contribution in [2.24, 2.45) is 4.99 Å². The van der Waals surface area contributed by atoms with Crippen LogP contribution in [0, 0.1) is 0 Å². The summed E-state index contributed by atoms with van der Waals surface area (Å²) in [7, 11) is 4.61. The van der Waals surface area contributed by atoms with Gasteiger partial charge in [0.25, 0.3) is 0 Å². The number of halogens is 3. The van der Waals surface area contributed by atoms with Crippen molar-refractivity contribution in [2.75, 3.05) is 33.1 Å². The molecule has 1 N–H and O–H groups in total. The molecule has 1 rings (SSSR count). The van der Waals surface area contributed by atoms with Gasteiger partial charge in [0.1, 0.15) is 6.61 Å². The Kier molecular flexibility index (Phi) is 9.01. The second kappa shape index (κ2) is 10.3. The Morgan fingerprint density at radius 2 is 1.89 bits per heavy atom. The highest BCUT2D eigenvalue weighted by molar-refractivity contribution is 7.80. The Morgan fingerprint density at radius 3 is 2.37 bits per heavy atom. The lowest BCUT2D eigenvalue weighted by molar-refractivity contribution is 0.127. The average Bonchev–Trinajstić information content (AvgIpc) is 2.57. The van der Waals surface area contributed by atoms with Gasteiger partial charge in [-0.05, 0) is 24.1 Å². The molecule has 0 aromatic heterocycles. The zero-order valence-electron chi connectivity index (χ0n) is 15.3. The minimum Gasteiger partial charge on any atom is -0.445 e. The third-order valence-corrected chi connectivity index (χ3v) is 3.94. The zero-order valence-corrected chi connectivity index (χ0v) is 18.5. The molecule has 0 aliphatic carbocycles. The summed E-state index contributed by atoms with van der Waals surface area (Å²) in [5.41, 5.74) is 1.59. The van der Waals surface area contributed by atoms with Gasteiger partial charge >= 0.3 is 12.1 Å². The Morgan fingerprint density at radius 1 is 1.26 bits per heavy atom. The van der Waals surface area contributed by atoms with E-state index < -0.39 is 22.5 Å². The quantitative estimate of drug-likeness (QED) is 0.306. The number of carbonyl (C=O) groups excluding carboxylic acids is 2. The van der Waals surface area contributed by atoms with Gasteiger partial charge in [-0.3, -0.25) is 4.90 Å². The van der Waals surface area contributed by atoms with Crippen LogP contribution in [0.5, 0.6) is 0 Å². The number of urea groups is 1. The molecule has 0 aliphatic heterocycles. The maximum Gasteiger partial charge on any atom is 0.416 e. The molecule has 0 radical (unpaired) electrons. The Bertz CT molecular complexity index is 723. The van der Waals surface area contributed by atoms with E-state index in [1.807, 2.05) is 19.1 Å². The van der Waals surface area contributed by atoms with E-state index >= 15 is 0 Å². The first-order valence-corrected chi connectivity index (χ1v) is 9.38. The number of hydrogen-bond acceptors (Lipinski definition) is 4. The fourth-order valence-electron chi connectivity index (χ4n) is 1.93. The van der Waals surface area contributed by atoms with Crippen molar-refractivity contribution < 1.29 is 14.3 Å². The molecule has 1 aromatic carbocycles. The van der Waals surface area contributed by atoms with Crippen LogP contribution in [0.1, 0.15) is 12.5 Å². The number of carbonyl (C=O) groups is 2. The van der Waals surface area contributed by atoms with Gasteiger partial charge < -0.3 is 15.0 Å². The third kappa shape index (κ3) is 8.04. The summed E-state index contributed by atoms with van der Waals surface area (Å²) in [5, 5.41) is 2.63. The molecule has 7 nitrogen and oxygen atoms in total. The van der Waals surface area contributed by atoms with Crippen LogP contribution in [0.15, 0.2) is 28.1 Å². The van der Waals surface area contributed by atoms with Crippen LogP contribution in [0.2, 0.25) is 0 Å². The molecule has 0 saturated carbocycles. The zero-order chi connectivity index (χ0) is 20.8. The van der Waals surface area contributed by atoms with Crippen LogP contribution in [0.3, 0.4) is 0 Å². The number of hydrogen-bond donors (Lipinski definition) is 2. The first-order chi connectivity index (χ1) is 12.4. The van der Waals surface area contributed by atoms with Crippen LogP contribution in [-0.4, -0.2) is 59.4 Å². The Balaban J connectivity index is 2.91. The molecule has 11 heteroatoms. The molecule has 0 spiro atoms. The fraction of sp³-hybridized carbons (Fsp3) is 0.438. The van der Waals surface area contributed by atoms with E-state index in [0.717, 1.165) is 16.9 Å². The van der Waals surface area contributed by atoms with Gasteiger partial charge in [-0.25, -0.2) is 9.59 Å². The number of ether oxygens (including phenoxy) is 1. The van der Waals surface area contributed by atoms with Gasteiger partial charge in [0, 0.05) is 26.0 Å². The summed E-state index contributed by atoms with van der Waals surface area (Å²) in [5.74, 6) is 0.0349. The molecule has 1 aromatic rings. The fourth-order valence-corrected chi connectivity index (χ4v) is 2.39. The lowest BCUT2D eigenvalue weighted by Crippen LogP contribution is -2.43. The van der Waals surface area contributed by atoms with Crippen LogP contribution in [-0.2, 0) is 11.2 Å². The molecule has 0 unspecified atom stereocenters. The number of nitrogens with zero attached hydrogens (tertiary/aromatic N) is 3. The van der Waals surface area contributed by atoms with Crippen molar-refractivity contribution in [1.82, 2.24) is 9.80 Å². The number of aryl methyl sites for hydroxylation is 1. The lowest BCUT2D eigenvalue weighted by atomic mass is 10.1. The highest BCUT2D eigenvalue weighted by Gasteiger charge is 2.26. The molecule has 0 aliphatic rings. The molecule has 27 heavy (non-hydrogen) atoms. The second-order valence-electron chi connectivity index (χ2n) is 5.67. The number of aliphatic imine (C=N–C) groups is 1. The number of guanidine groups is 1. The van der Waals surface area contributed by atoms with Crippen molar-refractivity contribution in [3.05, 3.63) is 23.8 Å². The summed E-state index contributed by atoms with van der Waals surface area (Å²) in [6.07, 6.45) is 0.0231. The third-order valence-electron chi connectivity index (χ3n) is 3.25. The number of rotatable bonds is 3. The summed E-state index contributed by atoms with van der Waals surface area (Å²) in [4.78, 5) is 31.4. The van der Waals surface area contributed by atoms with Gasteiger partial charge in [0.05, 0.1) is 5.69 Å². The Labute approximate surface area is 179 Å². The van der Waals surface area contributed by atoms with E-state index in [1.165, 1.54) is 11.9 Å². The topological polar surface area (TPSA) is 74.2 Å². The number of nitrogens with one attached hydrogen (secondary N) is 1. The van der Waals surface area contributed by atoms with Gasteiger partial charge in [0.15, 0.2) is 0 Å². The van der Waals surface area contributed by atoms with Gasteiger partial charge in [-0.15, -0.1) is 12.6 Å². The van der Waals surface area contributed by atoms with Crippen LogP contribution >= 0.6 is 47.4 Å². The molecule has 0 bridgehead atoms. The molecular weight excluding hydrogens is 435 g/mol. The van der Waals surface area contributed by atoms with Crippen molar-refractivity contribution in [3.63, 3.8) is 0 Å². The molecule has 0 fully saturated rings. The van der Waals surface area contributed by atoms with Crippen molar-refractivity contribution in [3.8, 4) is 0 Å². The number of alkyl halides is 3. The van der Waals surface area contributed by atoms with E-state index in [9.17, 15) is 9.59 Å². The minimum atomic E-state index is -1.74. The maximum absolute atomic E-state index is 12.3. The summed E-state index contributed by atoms with van der Waals surface area (Å²) in [6.45, 7) is 1.58. The van der Waals surface area contributed by atoms with Gasteiger partial charge in [-0.1, -0.05) is 47.8 Å². The first-order valence-electron chi connectivity index (χ1n) is 7.80. The smallest absolute Gasteiger partial charge is 0.416 e. The molecule has 0 heterocycles. The van der Waals surface area contributed by atoms with Crippen LogP contribution in [0.25, 0.3) is 0 Å². The summed E-state index contributed by atoms with van der Waals surface area (Å²) < 4.78 is 3.14. The molecule has 0 atom stereocenters. The van der Waals surface area contributed by atoms with E-state index in [2.05, 4.69) is 22.9 Å². The predicted octanol–water partition coefficient (Wildman–Crippen LogP) is 4.43. The van der Waals surface area contributed by atoms with Gasteiger partial charge in [-0.2, -0.15) is 4.99 Å². The monoisotopic (exact) mass is 454 g/mol. The van der Waals surface area contributed by atoms with E-state index in [1.54, 1.807) is 20.2 Å². The lowest BCUT2D eigenvalue weighted by Gasteiger charge is -2.24. The molecule has 3 amide bonds. The van der Waals surface area contributed by atoms with E-state index in [-0.39, 0.29) is 5.96 Å². The van der Waals surface area contributed by atoms with E-state index in [4.69, 9.17) is 39.5 Å². The molecule has 150 valence electrons. The van der Waals surface area contributed by atoms with Crippen molar-refractivity contribution >= 4 is 71.2 Å². The van der Waals surface area contributed by atoms with Crippen LogP contribution in [0.4, 0.5) is 15.3 Å². The van der Waals surface area contributed by atoms with Gasteiger partial charge in [0.2, 0.25) is 9.75 Å². The highest BCUT2D eigenvalue weighted by Crippen LogP contribution is 2.26. The first kappa shape index (κ1) is 23.7. The number of amides is 3. The van der Waals surface area contributed by atoms with E-state index in [0.29, 0.717) is 10.6 Å². The second-order valence-corrected chi connectivity index (χ2v) is 8.67. The number of thiol groups is 1. The minimum absolute atomic E-state index is 0.0349. The predicted molar refractivity (Wildman–Crippen MR) is 113 cm³/mol. The largest absolute Gasteiger partial charge is 0.445 e. The van der Waals surface area contributed by atoms with Crippen LogP contribution < -0.4 is 5.32 Å². The number of benzene rings is 1. The summed E-state index contributed by atoms with van der Waals surface area (Å²) >= 11 is 21.0. The highest BCUT2D eigenvalue weighted by atomic mass is 35.6. The number of anilines is 1. The normalized spacial score (nSPS) is 11.8. The summed E-state index contributed by atoms with van der Waals surface area (Å²) in [6, 6.07) is 4.80. The SMILES string of the molecule is CCc1ccc(NC(=O)/N=C(\N(C)C)N(C)C(=O)OCC(Cl)(Cl)Cl)c(S)c1. The van der Waals surface area contributed by atoms with Crippen molar-refractivity contribution in [1.29, 1.82) is 0 Å². The average molecular weight is 456 g/mol.